The van der Waals surface area contributed by atoms with Gasteiger partial charge in [0, 0.05) is 47.8 Å². The average Bonchev–Trinajstić information content (AvgIpc) is 2.54. The third-order valence-corrected chi connectivity index (χ3v) is 6.02. The minimum absolute atomic E-state index is 0.0436. The molecule has 2 heterocycles. The molecule has 2 fully saturated rings. The number of piperidine rings is 2. The summed E-state index contributed by atoms with van der Waals surface area (Å²) in [5.41, 5.74) is -0.700. The molecule has 200 valence electrons. The van der Waals surface area contributed by atoms with E-state index in [-0.39, 0.29) is 59.1 Å². The molecule has 0 aromatic carbocycles. The molecule has 0 radical (unpaired) electrons. The molecular formula is C27H52N2O5. The molecule has 0 aromatic heterocycles. The first-order valence-electron chi connectivity index (χ1n) is 12.8. The average molecular weight is 485 g/mol. The number of ether oxygens (including phenoxy) is 2. The van der Waals surface area contributed by atoms with Gasteiger partial charge in [-0.1, -0.05) is 20.8 Å². The molecule has 2 aliphatic rings. The van der Waals surface area contributed by atoms with Gasteiger partial charge in [0.1, 0.15) is 12.2 Å². The first-order chi connectivity index (χ1) is 15.3. The largest absolute Gasteiger partial charge is 0.462 e. The van der Waals surface area contributed by atoms with Crippen LogP contribution in [0.2, 0.25) is 0 Å². The van der Waals surface area contributed by atoms with Crippen LogP contribution in [0.15, 0.2) is 0 Å². The lowest BCUT2D eigenvalue weighted by Gasteiger charge is -2.52. The maximum Gasteiger partial charge on any atom is 0.306 e. The quantitative estimate of drug-likeness (QED) is 0.505. The van der Waals surface area contributed by atoms with Gasteiger partial charge in [0.05, 0.1) is 20.0 Å². The standard InChI is InChI=1S/C23H42N2O5.C4H10/c1-20(2)12-16(13-21(3,4)24-20)29-18(26)10-11-19(27)30-17-14-22(5,6)25(28-9)23(7,8)15-17;1-4(2)3/h16-17,24H,10-15H2,1-9H3;4H,1-3H3. The summed E-state index contributed by atoms with van der Waals surface area (Å²) in [4.78, 5) is 30.3. The fraction of sp³-hybridized carbons (Fsp3) is 0.926. The number of nitrogens with one attached hydrogen (secondary N) is 1. The van der Waals surface area contributed by atoms with Crippen molar-refractivity contribution in [3.63, 3.8) is 0 Å². The van der Waals surface area contributed by atoms with Crippen molar-refractivity contribution in [2.75, 3.05) is 7.11 Å². The van der Waals surface area contributed by atoms with E-state index in [2.05, 4.69) is 81.5 Å². The van der Waals surface area contributed by atoms with E-state index in [1.165, 1.54) is 0 Å². The molecule has 7 heteroatoms. The van der Waals surface area contributed by atoms with E-state index >= 15 is 0 Å². The van der Waals surface area contributed by atoms with Crippen LogP contribution in [-0.4, -0.2) is 58.5 Å². The monoisotopic (exact) mass is 484 g/mol. The number of esters is 2. The lowest BCUT2D eigenvalue weighted by molar-refractivity contribution is -0.278. The summed E-state index contributed by atoms with van der Waals surface area (Å²) in [7, 11) is 1.67. The van der Waals surface area contributed by atoms with Gasteiger partial charge in [-0.2, -0.15) is 5.06 Å². The number of hydrogen-bond donors (Lipinski definition) is 1. The Balaban J connectivity index is 0.00000133. The molecule has 2 aliphatic heterocycles. The van der Waals surface area contributed by atoms with Gasteiger partial charge in [0.15, 0.2) is 0 Å². The Hall–Kier alpha value is -1.18. The lowest BCUT2D eigenvalue weighted by atomic mass is 9.80. The lowest BCUT2D eigenvalue weighted by Crippen LogP contribution is -2.61. The third kappa shape index (κ3) is 10.2. The van der Waals surface area contributed by atoms with Crippen LogP contribution in [0.4, 0.5) is 0 Å². The Morgan fingerprint density at radius 2 is 1.09 bits per heavy atom. The molecule has 0 aromatic rings. The molecule has 0 spiro atoms. The van der Waals surface area contributed by atoms with Crippen LogP contribution < -0.4 is 5.32 Å². The zero-order chi connectivity index (χ0) is 26.5. The van der Waals surface area contributed by atoms with Crippen LogP contribution in [0.25, 0.3) is 0 Å². The first kappa shape index (κ1) is 30.9. The number of rotatable bonds is 6. The number of hydrogen-bond acceptors (Lipinski definition) is 7. The molecule has 7 nitrogen and oxygen atoms in total. The van der Waals surface area contributed by atoms with Crippen LogP contribution in [0, 0.1) is 5.92 Å². The van der Waals surface area contributed by atoms with Gasteiger partial charge < -0.3 is 19.6 Å². The highest BCUT2D eigenvalue weighted by Gasteiger charge is 2.47. The first-order valence-corrected chi connectivity index (χ1v) is 12.8. The predicted molar refractivity (Wildman–Crippen MR) is 136 cm³/mol. The van der Waals surface area contributed by atoms with Gasteiger partial charge in [-0.3, -0.25) is 9.59 Å². The van der Waals surface area contributed by atoms with Crippen LogP contribution >= 0.6 is 0 Å². The third-order valence-electron chi connectivity index (χ3n) is 6.02. The van der Waals surface area contributed by atoms with E-state index in [9.17, 15) is 9.59 Å². The summed E-state index contributed by atoms with van der Waals surface area (Å²) in [5, 5.41) is 5.55. The highest BCUT2D eigenvalue weighted by Crippen LogP contribution is 2.39. The Morgan fingerprint density at radius 3 is 1.41 bits per heavy atom. The van der Waals surface area contributed by atoms with Crippen molar-refractivity contribution >= 4 is 11.9 Å². The van der Waals surface area contributed by atoms with E-state index in [4.69, 9.17) is 14.3 Å². The summed E-state index contributed by atoms with van der Waals surface area (Å²) in [5.74, 6) is 0.153. The second-order valence-electron chi connectivity index (χ2n) is 13.3. The SMILES string of the molecule is CC(C)C.CON1C(C)(C)CC(OC(=O)CCC(=O)OC2CC(C)(C)NC(C)(C)C2)CC1(C)C. The second-order valence-corrected chi connectivity index (χ2v) is 13.3. The highest BCUT2D eigenvalue weighted by atomic mass is 16.7. The van der Waals surface area contributed by atoms with Crippen LogP contribution in [0.5, 0.6) is 0 Å². The van der Waals surface area contributed by atoms with E-state index in [1.807, 2.05) is 5.06 Å². The van der Waals surface area contributed by atoms with Gasteiger partial charge >= 0.3 is 11.9 Å². The molecule has 0 unspecified atom stereocenters. The maximum atomic E-state index is 12.4. The fourth-order valence-corrected chi connectivity index (χ4v) is 5.75. The minimum Gasteiger partial charge on any atom is -0.462 e. The number of carbonyl (C=O) groups excluding carboxylic acids is 2. The van der Waals surface area contributed by atoms with Crippen molar-refractivity contribution < 1.29 is 23.9 Å². The van der Waals surface area contributed by atoms with E-state index in [1.54, 1.807) is 7.11 Å². The summed E-state index contributed by atoms with van der Waals surface area (Å²) in [6.07, 6.45) is 2.63. The van der Waals surface area contributed by atoms with E-state index in [0.29, 0.717) is 12.8 Å². The van der Waals surface area contributed by atoms with Gasteiger partial charge in [-0.25, -0.2) is 0 Å². The topological polar surface area (TPSA) is 77.1 Å². The van der Waals surface area contributed by atoms with E-state index < -0.39 is 0 Å². The van der Waals surface area contributed by atoms with Crippen molar-refractivity contribution in [2.45, 2.75) is 149 Å². The Kier molecular flexibility index (Phi) is 10.6. The number of carbonyl (C=O) groups is 2. The van der Waals surface area contributed by atoms with Gasteiger partial charge in [0.25, 0.3) is 0 Å². The number of nitrogens with zero attached hydrogens (tertiary/aromatic N) is 1. The maximum absolute atomic E-state index is 12.4. The van der Waals surface area contributed by atoms with E-state index in [0.717, 1.165) is 18.8 Å². The minimum atomic E-state index is -0.347. The Labute approximate surface area is 208 Å². The summed E-state index contributed by atoms with van der Waals surface area (Å²) in [6.45, 7) is 23.3. The van der Waals surface area contributed by atoms with Crippen LogP contribution in [0.1, 0.15) is 115 Å². The van der Waals surface area contributed by atoms with Crippen LogP contribution in [-0.2, 0) is 23.9 Å². The fourth-order valence-electron chi connectivity index (χ4n) is 5.75. The zero-order valence-corrected chi connectivity index (χ0v) is 24.0. The predicted octanol–water partition coefficient (Wildman–Crippen LogP) is 5.41. The summed E-state index contributed by atoms with van der Waals surface area (Å²) < 4.78 is 11.4. The van der Waals surface area contributed by atoms with Gasteiger partial charge in [-0.05, 0) is 61.3 Å². The van der Waals surface area contributed by atoms with Gasteiger partial charge in [0.2, 0.25) is 0 Å². The molecule has 0 atom stereocenters. The van der Waals surface area contributed by atoms with Crippen molar-refractivity contribution in [1.82, 2.24) is 10.4 Å². The molecule has 2 rings (SSSR count). The smallest absolute Gasteiger partial charge is 0.306 e. The molecule has 0 saturated carbocycles. The normalized spacial score (nSPS) is 24.1. The molecule has 1 N–H and O–H groups in total. The highest BCUT2D eigenvalue weighted by molar-refractivity contribution is 5.77. The Morgan fingerprint density at radius 1 is 0.765 bits per heavy atom. The number of hydroxylamine groups is 2. The van der Waals surface area contributed by atoms with Crippen molar-refractivity contribution in [2.24, 2.45) is 5.92 Å². The second kappa shape index (κ2) is 11.7. The molecule has 2 saturated heterocycles. The molecule has 34 heavy (non-hydrogen) atoms. The molecule has 0 aliphatic carbocycles. The van der Waals surface area contributed by atoms with Crippen LogP contribution in [0.3, 0.4) is 0 Å². The Bertz CT molecular complexity index is 648. The zero-order valence-electron chi connectivity index (χ0n) is 24.0. The van der Waals surface area contributed by atoms with Crippen molar-refractivity contribution in [1.29, 1.82) is 0 Å². The van der Waals surface area contributed by atoms with Gasteiger partial charge in [-0.15, -0.1) is 0 Å². The molecule has 0 bridgehead atoms. The van der Waals surface area contributed by atoms with Crippen molar-refractivity contribution in [3.05, 3.63) is 0 Å². The van der Waals surface area contributed by atoms with Crippen molar-refractivity contribution in [3.8, 4) is 0 Å². The molecule has 0 amide bonds. The summed E-state index contributed by atoms with van der Waals surface area (Å²) >= 11 is 0. The summed E-state index contributed by atoms with van der Waals surface area (Å²) in [6, 6.07) is 0. The molecular weight excluding hydrogens is 432 g/mol.